The molecule has 0 aliphatic rings. The summed E-state index contributed by atoms with van der Waals surface area (Å²) in [6.45, 7) is 28.3. The molecule has 12 aromatic rings. The molecule has 0 fully saturated rings. The molecule has 0 spiro atoms. The molecule has 0 radical (unpaired) electrons. The van der Waals surface area contributed by atoms with Gasteiger partial charge < -0.3 is 38.5 Å². The number of fused-ring (bicyclic) bond motifs is 6. The fourth-order valence-electron chi connectivity index (χ4n) is 18.2. The van der Waals surface area contributed by atoms with Crippen molar-refractivity contribution in [2.75, 3.05) is 20.3 Å². The first kappa shape index (κ1) is 115. The van der Waals surface area contributed by atoms with Crippen LogP contribution in [0, 0.1) is 58.9 Å². The van der Waals surface area contributed by atoms with E-state index in [0.717, 1.165) is 221 Å². The number of aliphatic carboxylic acids is 2. The number of aromatic nitrogens is 6. The molecule has 20 heteroatoms. The van der Waals surface area contributed by atoms with E-state index in [1.807, 2.05) is 173 Å². The van der Waals surface area contributed by atoms with Gasteiger partial charge in [-0.05, 0) is 217 Å². The van der Waals surface area contributed by atoms with Crippen molar-refractivity contribution in [3.05, 3.63) is 266 Å². The van der Waals surface area contributed by atoms with Gasteiger partial charge >= 0.3 is 17.9 Å². The average Bonchev–Trinajstić information content (AvgIpc) is 0.635. The van der Waals surface area contributed by atoms with Crippen LogP contribution in [-0.2, 0) is 75.5 Å². The third kappa shape index (κ3) is 36.2. The Labute approximate surface area is 832 Å². The topological polar surface area (TPSA) is 285 Å². The first-order chi connectivity index (χ1) is 67.7. The summed E-state index contributed by atoms with van der Waals surface area (Å²) in [6, 6.07) is 45.7. The van der Waals surface area contributed by atoms with E-state index >= 15 is 0 Å². The van der Waals surface area contributed by atoms with Gasteiger partial charge in [0.2, 0.25) is 0 Å². The summed E-state index contributed by atoms with van der Waals surface area (Å²) in [5.41, 5.74) is 16.3. The summed E-state index contributed by atoms with van der Waals surface area (Å²) in [5.74, 6) is -0.00446. The third-order valence-electron chi connectivity index (χ3n) is 26.2. The predicted molar refractivity (Wildman–Crippen MR) is 578 cm³/mol. The molecule has 0 saturated carbocycles. The molecule has 754 valence electrons. The first-order valence-corrected chi connectivity index (χ1v) is 52.3. The van der Waals surface area contributed by atoms with E-state index in [1.54, 1.807) is 28.2 Å². The number of Topliss-reactive ketones (excluding diaryl/α,β-unsaturated/α-hetero) is 1. The highest BCUT2D eigenvalue weighted by Gasteiger charge is 2.22. The molecule has 0 bridgehead atoms. The smallest absolute Gasteiger partial charge is 0.341 e. The number of carbonyl (C=O) groups excluding carboxylic acids is 2. The van der Waals surface area contributed by atoms with Gasteiger partial charge in [-0.2, -0.15) is 5.26 Å². The Morgan fingerprint density at radius 3 is 1.14 bits per heavy atom. The number of para-hydroxylation sites is 6. The van der Waals surface area contributed by atoms with Gasteiger partial charge in [-0.1, -0.05) is 294 Å². The van der Waals surface area contributed by atoms with Crippen LogP contribution in [0.15, 0.2) is 177 Å². The molecule has 0 amide bonds. The normalized spacial score (nSPS) is 11.1. The number of hydrogen-bond acceptors (Lipinski definition) is 14. The van der Waals surface area contributed by atoms with Gasteiger partial charge in [0, 0.05) is 105 Å². The van der Waals surface area contributed by atoms with Crippen molar-refractivity contribution in [3.8, 4) is 17.7 Å². The number of H-pyrrole nitrogens is 1. The standard InChI is InChI=1S/C21H29NO3.C21H29NO2.2C20H27NO3.C19H24N2O.C19H25NO/c1-4-5-6-7-8-9-13-18-16(2)21(24)17-12-10-11-14-19(17)22(18)15-20(23)25-3;1-4-5-6-7-8-9-13-19-17(3)21(24-15-16(2)23)18-12-10-11-14-20(18)22-19;1-3-4-5-6-7-8-12-17-15(2)20(24-14-19(22)23)16-11-9-10-13-18(16)21-17;1-3-4-5-6-7-8-12-17-15(2)20(24)16-11-9-10-13-18(16)21(17)14-19(22)23;1-3-4-5-6-7-8-12-17-15(2)19(22)16-11-9-10-13-18(16)21(17)14-20;1-14(2)10-6-4-5-7-12-17-15(3)19(21)16-11-8-9-13-18(16)20-17/h10-12,14H,4-9,13,15H2,1-3H3;10-12,14H,4-9,13,15H2,1-3H3;2*9-11,13H,3-8,12,14H2,1-2H3,(H,22,23);9-11,13H,3-8,12H2,1-2H3;6,8-11,13-14H,4-5,7,12H2,1-3H3,(H,20,21)/b;;;;;10-6+. The minimum atomic E-state index is -0.965. The summed E-state index contributed by atoms with van der Waals surface area (Å²) in [6.07, 6.45) is 51.9. The van der Waals surface area contributed by atoms with Gasteiger partial charge in [-0.25, -0.2) is 4.79 Å². The van der Waals surface area contributed by atoms with Crippen molar-refractivity contribution in [2.45, 2.75) is 360 Å². The molecule has 0 aliphatic heterocycles. The number of nitrogens with zero attached hydrogens (tertiary/aromatic N) is 6. The van der Waals surface area contributed by atoms with Crippen LogP contribution in [0.2, 0.25) is 0 Å². The molecule has 20 nitrogen and oxygen atoms in total. The lowest BCUT2D eigenvalue weighted by atomic mass is 10.0. The quantitative estimate of drug-likeness (QED) is 0.0181. The molecule has 0 aliphatic carbocycles. The number of carboxylic acids is 2. The Kier molecular flexibility index (Phi) is 52.1. The van der Waals surface area contributed by atoms with Crippen LogP contribution >= 0.6 is 0 Å². The Morgan fingerprint density at radius 1 is 0.393 bits per heavy atom. The predicted octanol–water partition coefficient (Wildman–Crippen LogP) is 28.3. The first-order valence-electron chi connectivity index (χ1n) is 52.3. The number of ether oxygens (including phenoxy) is 3. The van der Waals surface area contributed by atoms with Crippen LogP contribution in [0.4, 0.5) is 0 Å². The lowest BCUT2D eigenvalue weighted by Crippen LogP contribution is -2.22. The number of aromatic amines is 1. The Morgan fingerprint density at radius 2 is 0.736 bits per heavy atom. The van der Waals surface area contributed by atoms with Gasteiger partial charge in [-0.3, -0.25) is 48.1 Å². The number of unbranched alkanes of at least 4 members (excludes halogenated alkanes) is 27. The number of allylic oxidation sites excluding steroid dienone is 2. The Hall–Kier alpha value is -12.1. The number of nitrogens with one attached hydrogen (secondary N) is 1. The minimum Gasteiger partial charge on any atom is -0.485 e. The summed E-state index contributed by atoms with van der Waals surface area (Å²) in [7, 11) is 1.40. The monoisotopic (exact) mass is 1910 g/mol. The van der Waals surface area contributed by atoms with Crippen LogP contribution in [0.1, 0.15) is 335 Å². The molecule has 0 atom stereocenters. The summed E-state index contributed by atoms with van der Waals surface area (Å²) < 4.78 is 21.7. The number of carbonyl (C=O) groups is 4. The van der Waals surface area contributed by atoms with E-state index < -0.39 is 11.9 Å². The van der Waals surface area contributed by atoms with Crippen LogP contribution in [0.5, 0.6) is 11.5 Å². The number of benzene rings is 6. The largest absolute Gasteiger partial charge is 0.485 e. The van der Waals surface area contributed by atoms with E-state index in [-0.39, 0.29) is 59.8 Å². The lowest BCUT2D eigenvalue weighted by Gasteiger charge is -2.18. The second kappa shape index (κ2) is 63.5. The van der Waals surface area contributed by atoms with Gasteiger partial charge in [0.1, 0.15) is 31.2 Å². The highest BCUT2D eigenvalue weighted by molar-refractivity contribution is 5.90. The zero-order chi connectivity index (χ0) is 102. The number of carboxylic acid groups (broad SMARTS) is 2. The molecule has 6 aromatic heterocycles. The van der Waals surface area contributed by atoms with E-state index in [9.17, 15) is 48.7 Å². The van der Waals surface area contributed by atoms with Crippen molar-refractivity contribution >= 4 is 89.1 Å². The van der Waals surface area contributed by atoms with Crippen molar-refractivity contribution in [1.82, 2.24) is 28.7 Å². The van der Waals surface area contributed by atoms with E-state index in [2.05, 4.69) is 78.7 Å². The van der Waals surface area contributed by atoms with Crippen molar-refractivity contribution < 1.29 is 43.6 Å². The number of esters is 1. The molecule has 6 heterocycles. The molecule has 12 rings (SSSR count). The van der Waals surface area contributed by atoms with Gasteiger partial charge in [0.05, 0.1) is 34.7 Å². The van der Waals surface area contributed by atoms with Gasteiger partial charge in [-0.15, -0.1) is 0 Å². The second-order valence-electron chi connectivity index (χ2n) is 37.7. The Balaban J connectivity index is 0.000000229. The van der Waals surface area contributed by atoms with Gasteiger partial charge in [0.15, 0.2) is 40.3 Å². The number of aryl methyl sites for hydroxylation is 3. The number of ketones is 1. The molecule has 3 N–H and O–H groups in total. The van der Waals surface area contributed by atoms with E-state index in [4.69, 9.17) is 29.3 Å². The second-order valence-corrected chi connectivity index (χ2v) is 37.7. The highest BCUT2D eigenvalue weighted by Crippen LogP contribution is 2.34. The fraction of sp³-hybridized carbons (Fsp3) is 0.492. The van der Waals surface area contributed by atoms with Gasteiger partial charge in [0.25, 0.3) is 0 Å². The lowest BCUT2D eigenvalue weighted by molar-refractivity contribution is -0.141. The van der Waals surface area contributed by atoms with Crippen LogP contribution in [0.3, 0.4) is 0 Å². The number of nitriles is 1. The fourth-order valence-corrected chi connectivity index (χ4v) is 18.2. The van der Waals surface area contributed by atoms with E-state index in [0.29, 0.717) is 39.0 Å². The summed E-state index contributed by atoms with van der Waals surface area (Å²) >= 11 is 0. The summed E-state index contributed by atoms with van der Waals surface area (Å²) in [4.78, 5) is 109. The van der Waals surface area contributed by atoms with Crippen LogP contribution in [0.25, 0.3) is 65.4 Å². The number of methoxy groups -OCH3 is 1. The number of pyridine rings is 6. The van der Waals surface area contributed by atoms with Crippen LogP contribution in [-0.4, -0.2) is 82.9 Å². The van der Waals surface area contributed by atoms with E-state index in [1.165, 1.54) is 148 Å². The van der Waals surface area contributed by atoms with Crippen molar-refractivity contribution in [3.63, 3.8) is 0 Å². The SMILES string of the molecule is CCCCCCCCc1c(C)c(=O)c2ccccc2n1C#N.CCCCCCCCc1c(C)c(=O)c2ccccc2n1CC(=O)O.CCCCCCCCc1c(C)c(=O)c2ccccc2n1CC(=O)OC.CCCCCCCCc1nc2ccccc2c(OCC(=O)O)c1C.CCCCCCCCc1nc2ccccc2c(OCC(C)=O)c1C.Cc1c(CCCC/C=C/C(C)C)[nH]c2ccccc2c1=O. The highest BCUT2D eigenvalue weighted by atomic mass is 16.5. The third-order valence-corrected chi connectivity index (χ3v) is 26.2. The Bertz CT molecular complexity index is 6140. The molecule has 6 aromatic carbocycles. The maximum absolute atomic E-state index is 12.7. The number of rotatable bonds is 51. The van der Waals surface area contributed by atoms with Crippen molar-refractivity contribution in [1.29, 1.82) is 5.26 Å². The maximum Gasteiger partial charge on any atom is 0.341 e. The molecule has 0 unspecified atom stereocenters. The zero-order valence-corrected chi connectivity index (χ0v) is 87.1. The average molecular weight is 1910 g/mol. The number of hydrogen-bond donors (Lipinski definition) is 3. The maximum atomic E-state index is 12.7. The zero-order valence-electron chi connectivity index (χ0n) is 87.1. The molecular formula is C120H161N7O13. The van der Waals surface area contributed by atoms with Crippen LogP contribution < -0.4 is 31.2 Å². The summed E-state index contributed by atoms with van der Waals surface area (Å²) in [5, 5.41) is 32.3. The molecule has 0 saturated heterocycles. The molecule has 140 heavy (non-hydrogen) atoms. The molecular weight excluding hydrogens is 1750 g/mol. The van der Waals surface area contributed by atoms with Crippen molar-refractivity contribution in [2.24, 2.45) is 5.92 Å². The minimum absolute atomic E-state index is 0.0215.